The first-order valence-electron chi connectivity index (χ1n) is 4.09. The summed E-state index contributed by atoms with van der Waals surface area (Å²) in [5.41, 5.74) is -0.145. The maximum atomic E-state index is 11.3. The molecule has 0 unspecified atom stereocenters. The Labute approximate surface area is 73.9 Å². The maximum Gasteiger partial charge on any atom is 0.139 e. The molecule has 0 saturated carbocycles. The van der Waals surface area contributed by atoms with Gasteiger partial charge in [-0.3, -0.25) is 4.79 Å². The third kappa shape index (κ3) is 5.31. The van der Waals surface area contributed by atoms with Gasteiger partial charge < -0.3 is 0 Å². The molecule has 0 saturated heterocycles. The van der Waals surface area contributed by atoms with Gasteiger partial charge in [0.15, 0.2) is 0 Å². The molecular formula is C9H18OS. The monoisotopic (exact) mass is 174 g/mol. The molecule has 0 aromatic carbocycles. The van der Waals surface area contributed by atoms with Crippen molar-refractivity contribution in [2.24, 2.45) is 5.41 Å². The first-order valence-corrected chi connectivity index (χ1v) is 5.25. The van der Waals surface area contributed by atoms with Gasteiger partial charge in [-0.1, -0.05) is 27.7 Å². The van der Waals surface area contributed by atoms with Gasteiger partial charge in [-0.15, -0.1) is 0 Å². The number of Topliss-reactive ketones (excluding diaryl/α,β-unsaturated/α-hetero) is 1. The number of thioether (sulfide) groups is 1. The number of ketones is 1. The summed E-state index contributed by atoms with van der Waals surface area (Å²) < 4.78 is 0. The molecule has 0 amide bonds. The summed E-state index contributed by atoms with van der Waals surface area (Å²) in [4.78, 5) is 11.3. The first-order chi connectivity index (χ1) is 4.98. The summed E-state index contributed by atoms with van der Waals surface area (Å²) in [5.74, 6) is 2.46. The normalized spacial score (nSPS) is 11.6. The largest absolute Gasteiger partial charge is 0.299 e. The van der Waals surface area contributed by atoms with E-state index >= 15 is 0 Å². The van der Waals surface area contributed by atoms with E-state index in [2.05, 4.69) is 6.92 Å². The van der Waals surface area contributed by atoms with Gasteiger partial charge >= 0.3 is 0 Å². The third-order valence-electron chi connectivity index (χ3n) is 1.51. The lowest BCUT2D eigenvalue weighted by atomic mass is 9.89. The van der Waals surface area contributed by atoms with Crippen LogP contribution < -0.4 is 0 Å². The van der Waals surface area contributed by atoms with Gasteiger partial charge in [-0.2, -0.15) is 11.8 Å². The van der Waals surface area contributed by atoms with Gasteiger partial charge in [-0.25, -0.2) is 0 Å². The van der Waals surface area contributed by atoms with Crippen molar-refractivity contribution in [1.82, 2.24) is 0 Å². The Bertz CT molecular complexity index is 124. The average molecular weight is 174 g/mol. The SMILES string of the molecule is CCSCCC(=O)C(C)(C)C. The molecule has 0 heterocycles. The van der Waals surface area contributed by atoms with Crippen LogP contribution in [-0.4, -0.2) is 17.3 Å². The molecule has 0 fully saturated rings. The second-order valence-electron chi connectivity index (χ2n) is 3.62. The standard InChI is InChI=1S/C9H18OS/c1-5-11-7-6-8(10)9(2,3)4/h5-7H2,1-4H3. The first kappa shape index (κ1) is 11.0. The van der Waals surface area contributed by atoms with E-state index in [1.165, 1.54) is 0 Å². The van der Waals surface area contributed by atoms with E-state index in [4.69, 9.17) is 0 Å². The molecule has 0 bridgehead atoms. The number of rotatable bonds is 4. The maximum absolute atomic E-state index is 11.3. The highest BCUT2D eigenvalue weighted by atomic mass is 32.2. The van der Waals surface area contributed by atoms with Crippen molar-refractivity contribution in [2.45, 2.75) is 34.1 Å². The zero-order chi connectivity index (χ0) is 8.91. The lowest BCUT2D eigenvalue weighted by Crippen LogP contribution is -2.20. The minimum absolute atomic E-state index is 0.145. The predicted octanol–water partition coefficient (Wildman–Crippen LogP) is 2.74. The van der Waals surface area contributed by atoms with Crippen molar-refractivity contribution in [1.29, 1.82) is 0 Å². The molecule has 0 N–H and O–H groups in total. The van der Waals surface area contributed by atoms with Crippen LogP contribution in [0.2, 0.25) is 0 Å². The Kier molecular flexibility index (Phi) is 4.82. The highest BCUT2D eigenvalue weighted by Crippen LogP contribution is 2.17. The lowest BCUT2D eigenvalue weighted by Gasteiger charge is -2.15. The van der Waals surface area contributed by atoms with E-state index in [0.717, 1.165) is 17.9 Å². The second-order valence-corrected chi connectivity index (χ2v) is 5.01. The fraction of sp³-hybridized carbons (Fsp3) is 0.889. The Balaban J connectivity index is 3.54. The number of carbonyl (C=O) groups excluding carboxylic acids is 1. The second kappa shape index (κ2) is 4.81. The van der Waals surface area contributed by atoms with E-state index in [-0.39, 0.29) is 5.41 Å². The molecule has 0 aliphatic carbocycles. The van der Waals surface area contributed by atoms with Crippen LogP contribution in [0.25, 0.3) is 0 Å². The van der Waals surface area contributed by atoms with Gasteiger partial charge in [0.05, 0.1) is 0 Å². The topological polar surface area (TPSA) is 17.1 Å². The van der Waals surface area contributed by atoms with Crippen LogP contribution in [0.5, 0.6) is 0 Å². The minimum atomic E-state index is -0.145. The molecule has 0 aliphatic heterocycles. The summed E-state index contributed by atoms with van der Waals surface area (Å²) in [6.45, 7) is 8.05. The fourth-order valence-corrected chi connectivity index (χ4v) is 1.30. The molecule has 0 rings (SSSR count). The van der Waals surface area contributed by atoms with Crippen LogP contribution in [-0.2, 0) is 4.79 Å². The summed E-state index contributed by atoms with van der Waals surface area (Å²) in [6.07, 6.45) is 0.724. The van der Waals surface area contributed by atoms with Crippen LogP contribution >= 0.6 is 11.8 Å². The smallest absolute Gasteiger partial charge is 0.139 e. The Morgan fingerprint density at radius 1 is 1.36 bits per heavy atom. The molecule has 0 aliphatic rings. The molecule has 0 spiro atoms. The molecule has 11 heavy (non-hydrogen) atoms. The molecular weight excluding hydrogens is 156 g/mol. The van der Waals surface area contributed by atoms with E-state index in [9.17, 15) is 4.79 Å². The number of carbonyl (C=O) groups is 1. The van der Waals surface area contributed by atoms with Crippen molar-refractivity contribution in [3.05, 3.63) is 0 Å². The van der Waals surface area contributed by atoms with Gasteiger partial charge in [0.1, 0.15) is 5.78 Å². The van der Waals surface area contributed by atoms with Crippen LogP contribution in [0.15, 0.2) is 0 Å². The van der Waals surface area contributed by atoms with E-state index in [1.54, 1.807) is 0 Å². The molecule has 1 nitrogen and oxygen atoms in total. The Morgan fingerprint density at radius 2 is 1.91 bits per heavy atom. The quantitative estimate of drug-likeness (QED) is 0.610. The van der Waals surface area contributed by atoms with Gasteiger partial charge in [-0.05, 0) is 5.75 Å². The lowest BCUT2D eigenvalue weighted by molar-refractivity contribution is -0.125. The predicted molar refractivity (Wildman–Crippen MR) is 52.1 cm³/mol. The van der Waals surface area contributed by atoms with Gasteiger partial charge in [0.25, 0.3) is 0 Å². The highest BCUT2D eigenvalue weighted by Gasteiger charge is 2.19. The van der Waals surface area contributed by atoms with Crippen molar-refractivity contribution in [2.75, 3.05) is 11.5 Å². The summed E-state index contributed by atoms with van der Waals surface area (Å²) in [5, 5.41) is 0. The fourth-order valence-electron chi connectivity index (χ4n) is 0.684. The third-order valence-corrected chi connectivity index (χ3v) is 2.42. The Morgan fingerprint density at radius 3 is 2.27 bits per heavy atom. The zero-order valence-corrected chi connectivity index (χ0v) is 8.75. The van der Waals surface area contributed by atoms with E-state index < -0.39 is 0 Å². The van der Waals surface area contributed by atoms with E-state index in [1.807, 2.05) is 32.5 Å². The molecule has 0 radical (unpaired) electrons. The molecule has 0 atom stereocenters. The van der Waals surface area contributed by atoms with Crippen LogP contribution in [0.1, 0.15) is 34.1 Å². The van der Waals surface area contributed by atoms with Crippen molar-refractivity contribution in [3.8, 4) is 0 Å². The average Bonchev–Trinajstić information content (AvgIpc) is 1.86. The zero-order valence-electron chi connectivity index (χ0n) is 7.94. The minimum Gasteiger partial charge on any atom is -0.299 e. The molecule has 66 valence electrons. The van der Waals surface area contributed by atoms with Crippen LogP contribution in [0.4, 0.5) is 0 Å². The van der Waals surface area contributed by atoms with E-state index in [0.29, 0.717) is 5.78 Å². The Hall–Kier alpha value is 0.0200. The molecule has 2 heteroatoms. The van der Waals surface area contributed by atoms with Gasteiger partial charge in [0, 0.05) is 17.6 Å². The summed E-state index contributed by atoms with van der Waals surface area (Å²) in [6, 6.07) is 0. The summed E-state index contributed by atoms with van der Waals surface area (Å²) in [7, 11) is 0. The highest BCUT2D eigenvalue weighted by molar-refractivity contribution is 7.99. The van der Waals surface area contributed by atoms with Crippen LogP contribution in [0, 0.1) is 5.41 Å². The molecule has 0 aromatic rings. The van der Waals surface area contributed by atoms with Crippen molar-refractivity contribution >= 4 is 17.5 Å². The summed E-state index contributed by atoms with van der Waals surface area (Å²) >= 11 is 1.83. The van der Waals surface area contributed by atoms with Crippen LogP contribution in [0.3, 0.4) is 0 Å². The number of hydrogen-bond acceptors (Lipinski definition) is 2. The van der Waals surface area contributed by atoms with Crippen molar-refractivity contribution in [3.63, 3.8) is 0 Å². The van der Waals surface area contributed by atoms with Gasteiger partial charge in [0.2, 0.25) is 0 Å². The number of hydrogen-bond donors (Lipinski definition) is 0. The van der Waals surface area contributed by atoms with Crippen molar-refractivity contribution < 1.29 is 4.79 Å². The molecule has 0 aromatic heterocycles.